The van der Waals surface area contributed by atoms with E-state index in [0.29, 0.717) is 33.7 Å². The van der Waals surface area contributed by atoms with Crippen molar-refractivity contribution in [1.82, 2.24) is 10.2 Å². The van der Waals surface area contributed by atoms with Crippen molar-refractivity contribution in [3.05, 3.63) is 87.9 Å². The third kappa shape index (κ3) is 7.18. The molecule has 40 heavy (non-hydrogen) atoms. The molecule has 1 heterocycles. The van der Waals surface area contributed by atoms with E-state index in [2.05, 4.69) is 5.32 Å². The van der Waals surface area contributed by atoms with Gasteiger partial charge in [-0.05, 0) is 42.3 Å². The summed E-state index contributed by atoms with van der Waals surface area (Å²) in [6.07, 6.45) is 1.22. The first-order valence-electron chi connectivity index (χ1n) is 12.5. The molecule has 1 N–H and O–H groups in total. The smallest absolute Gasteiger partial charge is 0.244 e. The summed E-state index contributed by atoms with van der Waals surface area (Å²) < 4.78 is 37.5. The molecule has 12 heteroatoms. The van der Waals surface area contributed by atoms with Gasteiger partial charge in [0.15, 0.2) is 11.5 Å². The summed E-state index contributed by atoms with van der Waals surface area (Å²) in [6.45, 7) is 1.59. The van der Waals surface area contributed by atoms with Crippen LogP contribution in [0, 0.1) is 0 Å². The lowest BCUT2D eigenvalue weighted by Crippen LogP contribution is -2.53. The van der Waals surface area contributed by atoms with Crippen LogP contribution in [0.3, 0.4) is 0 Å². The monoisotopic (exact) mass is 605 g/mol. The van der Waals surface area contributed by atoms with E-state index in [0.717, 1.165) is 16.1 Å². The number of anilines is 1. The van der Waals surface area contributed by atoms with Crippen molar-refractivity contribution < 1.29 is 27.5 Å². The van der Waals surface area contributed by atoms with Crippen LogP contribution in [0.2, 0.25) is 10.0 Å². The van der Waals surface area contributed by atoms with Crippen LogP contribution in [0.15, 0.2) is 66.7 Å². The molecular formula is C28H29Cl2N3O6S. The van der Waals surface area contributed by atoms with Gasteiger partial charge < -0.3 is 19.7 Å². The number of rotatable bonds is 11. The molecule has 4 rings (SSSR count). The third-order valence-electron chi connectivity index (χ3n) is 6.28. The van der Waals surface area contributed by atoms with Crippen LogP contribution in [0.5, 0.6) is 11.5 Å². The number of carbonyl (C=O) groups excluding carboxylic acids is 2. The molecule has 0 aliphatic carbocycles. The summed E-state index contributed by atoms with van der Waals surface area (Å²) in [5.41, 5.74) is 1.69. The Morgan fingerprint density at radius 1 is 0.950 bits per heavy atom. The summed E-state index contributed by atoms with van der Waals surface area (Å²) in [5, 5.41) is 3.45. The highest BCUT2D eigenvalue weighted by atomic mass is 35.5. The molecule has 0 spiro atoms. The van der Waals surface area contributed by atoms with Crippen molar-refractivity contribution in [2.24, 2.45) is 0 Å². The van der Waals surface area contributed by atoms with Crippen molar-refractivity contribution in [2.75, 3.05) is 30.4 Å². The number of halogens is 2. The first-order valence-corrected chi connectivity index (χ1v) is 15.1. The SMILES string of the molecule is CCNC(=O)C(Cc1ccccc1)N(Cc1ccc(Cl)c(Cl)c1)C(=O)CN(c1ccc2c(c1)OCO2)S(C)(=O)=O. The van der Waals surface area contributed by atoms with Crippen molar-refractivity contribution in [1.29, 1.82) is 0 Å². The number of nitrogens with zero attached hydrogens (tertiary/aromatic N) is 2. The highest BCUT2D eigenvalue weighted by Crippen LogP contribution is 2.36. The predicted octanol–water partition coefficient (Wildman–Crippen LogP) is 4.26. The van der Waals surface area contributed by atoms with E-state index in [-0.39, 0.29) is 31.4 Å². The lowest BCUT2D eigenvalue weighted by Gasteiger charge is -2.33. The normalized spacial score (nSPS) is 13.0. The maximum atomic E-state index is 14.0. The number of benzene rings is 3. The largest absolute Gasteiger partial charge is 0.454 e. The fourth-order valence-electron chi connectivity index (χ4n) is 4.33. The molecule has 0 bridgehead atoms. The van der Waals surface area contributed by atoms with E-state index in [4.69, 9.17) is 32.7 Å². The molecule has 1 aliphatic heterocycles. The van der Waals surface area contributed by atoms with Crippen LogP contribution < -0.4 is 19.1 Å². The number of sulfonamides is 1. The molecule has 3 aromatic carbocycles. The molecule has 1 unspecified atom stereocenters. The summed E-state index contributed by atoms with van der Waals surface area (Å²) in [4.78, 5) is 28.8. The van der Waals surface area contributed by atoms with Crippen LogP contribution in [0.1, 0.15) is 18.1 Å². The molecule has 1 atom stereocenters. The van der Waals surface area contributed by atoms with E-state index in [1.54, 1.807) is 31.2 Å². The first kappa shape index (κ1) is 29.5. The summed E-state index contributed by atoms with van der Waals surface area (Å²) >= 11 is 12.3. The maximum Gasteiger partial charge on any atom is 0.244 e. The molecule has 212 valence electrons. The third-order valence-corrected chi connectivity index (χ3v) is 8.16. The Morgan fingerprint density at radius 3 is 2.35 bits per heavy atom. The molecule has 0 radical (unpaired) electrons. The number of hydrogen-bond acceptors (Lipinski definition) is 6. The van der Waals surface area contributed by atoms with E-state index in [9.17, 15) is 18.0 Å². The van der Waals surface area contributed by atoms with Gasteiger partial charge in [-0.3, -0.25) is 13.9 Å². The van der Waals surface area contributed by atoms with Gasteiger partial charge in [-0.2, -0.15) is 0 Å². The van der Waals surface area contributed by atoms with Crippen molar-refractivity contribution in [2.45, 2.75) is 25.9 Å². The lowest BCUT2D eigenvalue weighted by molar-refractivity contribution is -0.140. The first-order chi connectivity index (χ1) is 19.1. The average Bonchev–Trinajstić information content (AvgIpc) is 3.39. The van der Waals surface area contributed by atoms with Crippen LogP contribution in [-0.2, 0) is 32.6 Å². The molecule has 1 aliphatic rings. The number of amides is 2. The molecule has 3 aromatic rings. The number of likely N-dealkylation sites (N-methyl/N-ethyl adjacent to an activating group) is 1. The highest BCUT2D eigenvalue weighted by molar-refractivity contribution is 7.92. The average molecular weight is 607 g/mol. The fraction of sp³-hybridized carbons (Fsp3) is 0.286. The molecular weight excluding hydrogens is 577 g/mol. The molecule has 0 fully saturated rings. The molecule has 9 nitrogen and oxygen atoms in total. The summed E-state index contributed by atoms with van der Waals surface area (Å²) in [7, 11) is -3.91. The number of nitrogens with one attached hydrogen (secondary N) is 1. The quantitative estimate of drug-likeness (QED) is 0.350. The zero-order chi connectivity index (χ0) is 28.9. The fourth-order valence-corrected chi connectivity index (χ4v) is 5.50. The topological polar surface area (TPSA) is 105 Å². The van der Waals surface area contributed by atoms with Gasteiger partial charge in [0, 0.05) is 25.6 Å². The number of fused-ring (bicyclic) bond motifs is 1. The Kier molecular flexibility index (Phi) is 9.44. The van der Waals surface area contributed by atoms with Gasteiger partial charge in [-0.25, -0.2) is 8.42 Å². The maximum absolute atomic E-state index is 14.0. The van der Waals surface area contributed by atoms with Crippen molar-refractivity contribution >= 4 is 50.7 Å². The minimum absolute atomic E-state index is 0.0108. The van der Waals surface area contributed by atoms with Crippen LogP contribution in [0.25, 0.3) is 0 Å². The highest BCUT2D eigenvalue weighted by Gasteiger charge is 2.33. The standard InChI is InChI=1S/C28H29Cl2N3O6S/c1-3-31-28(35)24(14-19-7-5-4-6-8-19)32(16-20-9-11-22(29)23(30)13-20)27(34)17-33(40(2,36)37)21-10-12-25-26(15-21)39-18-38-25/h4-13,15,24H,3,14,16-18H2,1-2H3,(H,31,35). The van der Waals surface area contributed by atoms with E-state index in [1.165, 1.54) is 17.0 Å². The number of carbonyl (C=O) groups is 2. The van der Waals surface area contributed by atoms with Gasteiger partial charge in [0.1, 0.15) is 12.6 Å². The Bertz CT molecular complexity index is 1490. The Labute approximate surface area is 243 Å². The Hall–Kier alpha value is -3.47. The molecule has 0 saturated heterocycles. The lowest BCUT2D eigenvalue weighted by atomic mass is 10.0. The van der Waals surface area contributed by atoms with Crippen molar-refractivity contribution in [3.63, 3.8) is 0 Å². The molecule has 0 saturated carbocycles. The van der Waals surface area contributed by atoms with Crippen LogP contribution in [-0.4, -0.2) is 57.3 Å². The Balaban J connectivity index is 1.73. The predicted molar refractivity (Wildman–Crippen MR) is 154 cm³/mol. The van der Waals surface area contributed by atoms with Gasteiger partial charge in [-0.15, -0.1) is 0 Å². The molecule has 2 amide bonds. The second-order valence-corrected chi connectivity index (χ2v) is 11.9. The minimum Gasteiger partial charge on any atom is -0.454 e. The van der Waals surface area contributed by atoms with Gasteiger partial charge in [-0.1, -0.05) is 59.6 Å². The van der Waals surface area contributed by atoms with Gasteiger partial charge in [0.05, 0.1) is 22.0 Å². The van der Waals surface area contributed by atoms with E-state index in [1.807, 2.05) is 30.3 Å². The van der Waals surface area contributed by atoms with E-state index >= 15 is 0 Å². The summed E-state index contributed by atoms with van der Waals surface area (Å²) in [6, 6.07) is 17.9. The van der Waals surface area contributed by atoms with Crippen LogP contribution >= 0.6 is 23.2 Å². The second kappa shape index (κ2) is 12.8. The summed E-state index contributed by atoms with van der Waals surface area (Å²) in [5.74, 6) is -0.102. The Morgan fingerprint density at radius 2 is 1.68 bits per heavy atom. The zero-order valence-corrected chi connectivity index (χ0v) is 24.3. The second-order valence-electron chi connectivity index (χ2n) is 9.18. The van der Waals surface area contributed by atoms with Gasteiger partial charge in [0.2, 0.25) is 28.6 Å². The van der Waals surface area contributed by atoms with Crippen molar-refractivity contribution in [3.8, 4) is 11.5 Å². The van der Waals surface area contributed by atoms with Gasteiger partial charge >= 0.3 is 0 Å². The minimum atomic E-state index is -3.91. The number of hydrogen-bond donors (Lipinski definition) is 1. The number of ether oxygens (including phenoxy) is 2. The molecule has 0 aromatic heterocycles. The van der Waals surface area contributed by atoms with E-state index < -0.39 is 28.5 Å². The van der Waals surface area contributed by atoms with Gasteiger partial charge in [0.25, 0.3) is 0 Å². The zero-order valence-electron chi connectivity index (χ0n) is 22.0. The van der Waals surface area contributed by atoms with Crippen LogP contribution in [0.4, 0.5) is 5.69 Å².